The van der Waals surface area contributed by atoms with Crippen LogP contribution in [0.25, 0.3) is 10.9 Å². The number of carbonyl (C=O) groups excluding carboxylic acids is 2. The molecule has 14 nitrogen and oxygen atoms in total. The second-order valence-corrected chi connectivity index (χ2v) is 13.6. The van der Waals surface area contributed by atoms with Gasteiger partial charge in [-0.2, -0.15) is 0 Å². The van der Waals surface area contributed by atoms with Gasteiger partial charge in [0.15, 0.2) is 11.5 Å². The van der Waals surface area contributed by atoms with Gasteiger partial charge in [-0.15, -0.1) is 0 Å². The summed E-state index contributed by atoms with van der Waals surface area (Å²) in [4.78, 5) is 34.0. The lowest BCUT2D eigenvalue weighted by atomic mass is 9.88. The van der Waals surface area contributed by atoms with Crippen LogP contribution in [0.5, 0.6) is 17.4 Å². The van der Waals surface area contributed by atoms with Gasteiger partial charge in [0.2, 0.25) is 6.79 Å². The van der Waals surface area contributed by atoms with E-state index in [9.17, 15) is 23.2 Å². The highest BCUT2D eigenvalue weighted by Gasteiger charge is 2.52. The number of rotatable bonds is 10. The molecule has 15 heteroatoms. The van der Waals surface area contributed by atoms with Gasteiger partial charge < -0.3 is 24.4 Å². The van der Waals surface area contributed by atoms with Crippen LogP contribution in [0.3, 0.4) is 0 Å². The molecule has 1 saturated heterocycles. The number of nitrogens with one attached hydrogen (secondary N) is 1. The number of hydrogen-bond acceptors (Lipinski definition) is 10. The summed E-state index contributed by atoms with van der Waals surface area (Å²) in [6.45, 7) is 0.356. The van der Waals surface area contributed by atoms with Crippen molar-refractivity contribution in [2.75, 3.05) is 19.9 Å². The summed E-state index contributed by atoms with van der Waals surface area (Å²) in [5.74, 6) is 0.532. The molecule has 246 valence electrons. The molecule has 5 aromatic rings. The van der Waals surface area contributed by atoms with Crippen molar-refractivity contribution in [3.8, 4) is 17.4 Å². The fourth-order valence-electron chi connectivity index (χ4n) is 6.72. The van der Waals surface area contributed by atoms with E-state index in [4.69, 9.17) is 14.2 Å². The maximum Gasteiger partial charge on any atom is 0.414 e. The number of amides is 3. The Kier molecular flexibility index (Phi) is 7.20. The third-order valence-electron chi connectivity index (χ3n) is 8.97. The van der Waals surface area contributed by atoms with Crippen LogP contribution < -0.4 is 19.1 Å². The van der Waals surface area contributed by atoms with Gasteiger partial charge in [0.1, 0.15) is 12.1 Å². The molecule has 0 radical (unpaired) electrons. The molecule has 3 aliphatic rings. The quantitative estimate of drug-likeness (QED) is 0.131. The third-order valence-corrected chi connectivity index (χ3v) is 10.7. The first-order valence-corrected chi connectivity index (χ1v) is 17.0. The van der Waals surface area contributed by atoms with E-state index >= 15 is 0 Å². The average molecular weight is 672 g/mol. The largest absolute Gasteiger partial charge is 0.454 e. The zero-order chi connectivity index (χ0) is 33.0. The van der Waals surface area contributed by atoms with Crippen LogP contribution in [0.4, 0.5) is 4.79 Å². The summed E-state index contributed by atoms with van der Waals surface area (Å²) in [5, 5.41) is 15.9. The van der Waals surface area contributed by atoms with E-state index in [1.54, 1.807) is 11.0 Å². The predicted molar refractivity (Wildman–Crippen MR) is 166 cm³/mol. The number of imide groups is 1. The number of nitrogens with zero attached hydrogens (tertiary/aromatic N) is 4. The first kappa shape index (κ1) is 29.8. The van der Waals surface area contributed by atoms with E-state index in [0.29, 0.717) is 37.2 Å². The molecule has 3 amide bonds. The van der Waals surface area contributed by atoms with Crippen molar-refractivity contribution in [2.24, 2.45) is 0 Å². The normalized spacial score (nSPS) is 18.4. The van der Waals surface area contributed by atoms with E-state index in [-0.39, 0.29) is 41.7 Å². The van der Waals surface area contributed by atoms with Crippen molar-refractivity contribution in [1.29, 1.82) is 0 Å². The molecule has 0 aliphatic carbocycles. The first-order chi connectivity index (χ1) is 23.3. The number of fused-ring (bicyclic) bond motifs is 5. The van der Waals surface area contributed by atoms with Crippen LogP contribution in [-0.2, 0) is 21.1 Å². The molecular formula is C33H29N5O9S. The molecule has 2 atom stereocenters. The van der Waals surface area contributed by atoms with Gasteiger partial charge in [-0.05, 0) is 65.6 Å². The summed E-state index contributed by atoms with van der Waals surface area (Å²) in [7, 11) is -4.23. The fourth-order valence-corrected chi connectivity index (χ4v) is 8.02. The molecule has 3 aliphatic heterocycles. The number of ether oxygens (including phenoxy) is 3. The number of unbranched alkanes of at least 4 members (excludes halogenated alkanes) is 2. The number of aromatic amines is 1. The van der Waals surface area contributed by atoms with Gasteiger partial charge in [0.05, 0.1) is 16.7 Å². The molecule has 1 fully saturated rings. The van der Waals surface area contributed by atoms with Crippen LogP contribution in [0.2, 0.25) is 0 Å². The Balaban J connectivity index is 0.956. The van der Waals surface area contributed by atoms with E-state index in [2.05, 4.69) is 14.8 Å². The number of sulfone groups is 1. The number of H-pyrrole nitrogens is 1. The van der Waals surface area contributed by atoms with Crippen molar-refractivity contribution < 1.29 is 41.7 Å². The molecule has 0 spiro atoms. The lowest BCUT2D eigenvalue weighted by Gasteiger charge is -2.36. The molecular weight excluding hydrogens is 642 g/mol. The lowest BCUT2D eigenvalue weighted by molar-refractivity contribution is -0.832. The number of hydrogen-bond donors (Lipinski definition) is 1. The number of benzene rings is 3. The van der Waals surface area contributed by atoms with Crippen molar-refractivity contribution >= 4 is 32.7 Å². The number of aromatic nitrogens is 3. The van der Waals surface area contributed by atoms with Crippen LogP contribution in [-0.4, -0.2) is 66.3 Å². The molecule has 0 bridgehead atoms. The van der Waals surface area contributed by atoms with E-state index in [1.165, 1.54) is 29.2 Å². The summed E-state index contributed by atoms with van der Waals surface area (Å²) in [6, 6.07) is 19.4. The van der Waals surface area contributed by atoms with Crippen molar-refractivity contribution in [2.45, 2.75) is 47.7 Å². The highest BCUT2D eigenvalue weighted by atomic mass is 32.2. The van der Waals surface area contributed by atoms with Gasteiger partial charge in [-0.3, -0.25) is 19.2 Å². The van der Waals surface area contributed by atoms with Crippen LogP contribution in [0.15, 0.2) is 87.3 Å². The molecule has 2 aromatic heterocycles. The molecule has 0 unspecified atom stereocenters. The van der Waals surface area contributed by atoms with Crippen LogP contribution >= 0.6 is 0 Å². The summed E-state index contributed by atoms with van der Waals surface area (Å²) in [6.07, 6.45) is 1.87. The lowest BCUT2D eigenvalue weighted by Crippen LogP contribution is -2.44. The van der Waals surface area contributed by atoms with Gasteiger partial charge in [-0.1, -0.05) is 42.5 Å². The fraction of sp³-hybridized carbons (Fsp3) is 0.273. The molecule has 3 aromatic carbocycles. The number of urea groups is 1. The Labute approximate surface area is 273 Å². The Morgan fingerprint density at radius 1 is 0.979 bits per heavy atom. The van der Waals surface area contributed by atoms with E-state index < -0.39 is 32.8 Å². The van der Waals surface area contributed by atoms with Gasteiger partial charge in [-0.25, -0.2) is 13.2 Å². The second kappa shape index (κ2) is 11.6. The maximum absolute atomic E-state index is 14.0. The highest BCUT2D eigenvalue weighted by molar-refractivity contribution is 7.91. The van der Waals surface area contributed by atoms with E-state index in [1.807, 2.05) is 42.5 Å². The Hall–Kier alpha value is -5.57. The smallest absolute Gasteiger partial charge is 0.414 e. The first-order valence-electron chi connectivity index (χ1n) is 15.5. The number of carbonyl (C=O) groups is 2. The van der Waals surface area contributed by atoms with Gasteiger partial charge in [0.25, 0.3) is 15.7 Å². The minimum atomic E-state index is -4.23. The predicted octanol–water partition coefficient (Wildman–Crippen LogP) is 3.88. The monoisotopic (exact) mass is 671 g/mol. The van der Waals surface area contributed by atoms with Crippen LogP contribution in [0, 0.1) is 5.21 Å². The molecule has 0 saturated carbocycles. The second-order valence-electron chi connectivity index (χ2n) is 11.7. The van der Waals surface area contributed by atoms with Crippen LogP contribution in [0.1, 0.15) is 42.1 Å². The minimum absolute atomic E-state index is 0.0361. The third kappa shape index (κ3) is 4.80. The van der Waals surface area contributed by atoms with Gasteiger partial charge in [0, 0.05) is 29.6 Å². The topological polar surface area (TPSA) is 171 Å². The molecule has 5 heterocycles. The standard InChI is InChI=1S/C33H29N5O9S/c39-31-25-18-23-22-11-5-6-12-24(22)34-28(23)29(20-13-14-26-27(17-20)46-19-45-26)37(25)33(40)36(31)15-7-2-8-16-44-30-32(38(41)47-35-30)48(42,43)21-9-3-1-4-10-21/h1,3-6,9-14,17,25,29,34H,2,7-8,15-16,18-19H2/t25-,29+/m0/s1. The Morgan fingerprint density at radius 3 is 2.62 bits per heavy atom. The zero-order valence-electron chi connectivity index (χ0n) is 25.4. The summed E-state index contributed by atoms with van der Waals surface area (Å²) >= 11 is 0. The van der Waals surface area contributed by atoms with Crippen molar-refractivity contribution in [3.63, 3.8) is 0 Å². The molecule has 48 heavy (non-hydrogen) atoms. The van der Waals surface area contributed by atoms with Gasteiger partial charge >= 0.3 is 16.9 Å². The van der Waals surface area contributed by atoms with Crippen molar-refractivity contribution in [3.05, 3.63) is 94.8 Å². The Morgan fingerprint density at radius 2 is 1.77 bits per heavy atom. The molecule has 1 N–H and O–H groups in total. The Bertz CT molecular complexity index is 2160. The summed E-state index contributed by atoms with van der Waals surface area (Å²) in [5.41, 5.74) is 3.62. The molecule has 8 rings (SSSR count). The maximum atomic E-state index is 14.0. The minimum Gasteiger partial charge on any atom is -0.454 e. The number of para-hydroxylation sites is 1. The van der Waals surface area contributed by atoms with Crippen molar-refractivity contribution in [1.82, 2.24) is 19.9 Å². The highest BCUT2D eigenvalue weighted by Crippen LogP contribution is 2.46. The SMILES string of the molecule is O=C1[C@@H]2Cc3c([nH]c4ccccc34)[C@@H](c3ccc4c(c3)OCO4)N2C(=O)N1CCCCCOc1no[n+]([O-])c1S(=O)(=O)c1ccccc1. The summed E-state index contributed by atoms with van der Waals surface area (Å²) < 4.78 is 47.2. The van der Waals surface area contributed by atoms with E-state index in [0.717, 1.165) is 27.7 Å². The zero-order valence-corrected chi connectivity index (χ0v) is 26.2. The average Bonchev–Trinajstić information content (AvgIpc) is 3.87.